The van der Waals surface area contributed by atoms with Gasteiger partial charge in [0, 0.05) is 0 Å². The van der Waals surface area contributed by atoms with Crippen molar-refractivity contribution in [1.82, 2.24) is 0 Å². The molecule has 1 saturated heterocycles. The summed E-state index contributed by atoms with van der Waals surface area (Å²) in [7, 11) is 0. The SMILES string of the molecule is C=CC1CCC(C2CCC(C3CCC(CCC)CC3)OC2)CC1. The molecule has 2 saturated carbocycles. The van der Waals surface area contributed by atoms with Gasteiger partial charge in [-0.15, -0.1) is 6.58 Å². The van der Waals surface area contributed by atoms with Crippen molar-refractivity contribution in [3.63, 3.8) is 0 Å². The summed E-state index contributed by atoms with van der Waals surface area (Å²) in [5.41, 5.74) is 0. The average Bonchev–Trinajstić information content (AvgIpc) is 2.63. The molecule has 0 radical (unpaired) electrons. The molecule has 1 heterocycles. The quantitative estimate of drug-likeness (QED) is 0.534. The maximum Gasteiger partial charge on any atom is 0.0603 e. The molecule has 0 amide bonds. The molecule has 1 nitrogen and oxygen atoms in total. The summed E-state index contributed by atoms with van der Waals surface area (Å²) in [6.07, 6.45) is 19.7. The van der Waals surface area contributed by atoms with E-state index in [4.69, 9.17) is 4.74 Å². The van der Waals surface area contributed by atoms with Crippen LogP contribution in [0, 0.1) is 29.6 Å². The van der Waals surface area contributed by atoms with E-state index in [1.807, 2.05) is 0 Å². The van der Waals surface area contributed by atoms with Gasteiger partial charge in [-0.2, -0.15) is 0 Å². The van der Waals surface area contributed by atoms with Crippen LogP contribution in [0.25, 0.3) is 0 Å². The third-order valence-electron chi connectivity index (χ3n) is 7.28. The highest BCUT2D eigenvalue weighted by atomic mass is 16.5. The molecule has 1 heteroatoms. The van der Waals surface area contributed by atoms with E-state index in [1.54, 1.807) is 0 Å². The Labute approximate surface area is 144 Å². The van der Waals surface area contributed by atoms with Crippen LogP contribution in [0.1, 0.15) is 84.0 Å². The van der Waals surface area contributed by atoms with Gasteiger partial charge in [0.25, 0.3) is 0 Å². The van der Waals surface area contributed by atoms with E-state index in [1.165, 1.54) is 77.0 Å². The minimum atomic E-state index is 0.596. The zero-order valence-electron chi connectivity index (χ0n) is 15.3. The second kappa shape index (κ2) is 8.70. The lowest BCUT2D eigenvalue weighted by atomic mass is 9.72. The molecule has 3 rings (SSSR count). The Morgan fingerprint density at radius 1 is 0.826 bits per heavy atom. The van der Waals surface area contributed by atoms with Crippen LogP contribution in [0.15, 0.2) is 12.7 Å². The van der Waals surface area contributed by atoms with E-state index in [2.05, 4.69) is 19.6 Å². The fourth-order valence-electron chi connectivity index (χ4n) is 5.64. The van der Waals surface area contributed by atoms with Gasteiger partial charge in [-0.05, 0) is 81.0 Å². The monoisotopic (exact) mass is 318 g/mol. The maximum atomic E-state index is 6.41. The van der Waals surface area contributed by atoms with Gasteiger partial charge in [0.1, 0.15) is 0 Å². The average molecular weight is 319 g/mol. The van der Waals surface area contributed by atoms with Crippen LogP contribution in [0.2, 0.25) is 0 Å². The summed E-state index contributed by atoms with van der Waals surface area (Å²) in [6.45, 7) is 7.37. The molecular formula is C22H38O. The predicted molar refractivity (Wildman–Crippen MR) is 98.5 cm³/mol. The van der Waals surface area contributed by atoms with Crippen molar-refractivity contribution >= 4 is 0 Å². The number of hydrogen-bond donors (Lipinski definition) is 0. The topological polar surface area (TPSA) is 9.23 Å². The van der Waals surface area contributed by atoms with Crippen LogP contribution in [-0.4, -0.2) is 12.7 Å². The summed E-state index contributed by atoms with van der Waals surface area (Å²) in [6, 6.07) is 0. The fourth-order valence-corrected chi connectivity index (χ4v) is 5.64. The van der Waals surface area contributed by atoms with E-state index >= 15 is 0 Å². The molecule has 1 aliphatic heterocycles. The van der Waals surface area contributed by atoms with Crippen LogP contribution in [0.3, 0.4) is 0 Å². The standard InChI is InChI=1S/C22H38O/c1-3-5-18-8-12-20(13-9-18)22-15-14-21(16-23-22)19-10-6-17(4-2)7-11-19/h4,17-22H,2-3,5-16H2,1H3. The zero-order chi connectivity index (χ0) is 16.1. The van der Waals surface area contributed by atoms with Crippen molar-refractivity contribution in [1.29, 1.82) is 0 Å². The van der Waals surface area contributed by atoms with Gasteiger partial charge in [-0.1, -0.05) is 38.7 Å². The van der Waals surface area contributed by atoms with Gasteiger partial charge in [-0.25, -0.2) is 0 Å². The molecule has 132 valence electrons. The lowest BCUT2D eigenvalue weighted by molar-refractivity contribution is -0.0735. The number of ether oxygens (including phenoxy) is 1. The van der Waals surface area contributed by atoms with Crippen LogP contribution in [0.4, 0.5) is 0 Å². The first-order valence-corrected chi connectivity index (χ1v) is 10.5. The molecule has 2 unspecified atom stereocenters. The molecule has 0 N–H and O–H groups in total. The van der Waals surface area contributed by atoms with E-state index in [9.17, 15) is 0 Å². The Hall–Kier alpha value is -0.300. The molecule has 3 fully saturated rings. The first-order chi connectivity index (χ1) is 11.3. The van der Waals surface area contributed by atoms with Gasteiger partial charge < -0.3 is 4.74 Å². The predicted octanol–water partition coefficient (Wildman–Crippen LogP) is 6.38. The summed E-state index contributed by atoms with van der Waals surface area (Å²) < 4.78 is 6.41. The van der Waals surface area contributed by atoms with Gasteiger partial charge in [0.05, 0.1) is 12.7 Å². The van der Waals surface area contributed by atoms with Gasteiger partial charge in [0.2, 0.25) is 0 Å². The van der Waals surface area contributed by atoms with Crippen molar-refractivity contribution in [3.8, 4) is 0 Å². The number of hydrogen-bond acceptors (Lipinski definition) is 1. The van der Waals surface area contributed by atoms with E-state index in [0.717, 1.165) is 36.2 Å². The molecule has 0 aromatic carbocycles. The highest BCUT2D eigenvalue weighted by Gasteiger charge is 2.34. The lowest BCUT2D eigenvalue weighted by Gasteiger charge is -2.41. The van der Waals surface area contributed by atoms with Crippen molar-refractivity contribution in [2.24, 2.45) is 29.6 Å². The normalized spacial score (nSPS) is 42.3. The first kappa shape index (κ1) is 17.5. The minimum Gasteiger partial charge on any atom is -0.378 e. The molecule has 0 aromatic heterocycles. The Morgan fingerprint density at radius 3 is 2.04 bits per heavy atom. The Kier molecular flexibility index (Phi) is 6.62. The zero-order valence-corrected chi connectivity index (χ0v) is 15.3. The Bertz CT molecular complexity index is 339. The number of allylic oxidation sites excluding steroid dienone is 1. The second-order valence-corrected chi connectivity index (χ2v) is 8.69. The van der Waals surface area contributed by atoms with Crippen LogP contribution >= 0.6 is 0 Å². The summed E-state index contributed by atoms with van der Waals surface area (Å²) in [5.74, 6) is 4.48. The Morgan fingerprint density at radius 2 is 1.48 bits per heavy atom. The van der Waals surface area contributed by atoms with E-state index in [-0.39, 0.29) is 0 Å². The van der Waals surface area contributed by atoms with E-state index < -0.39 is 0 Å². The van der Waals surface area contributed by atoms with Gasteiger partial charge in [0.15, 0.2) is 0 Å². The molecule has 23 heavy (non-hydrogen) atoms. The molecule has 0 spiro atoms. The van der Waals surface area contributed by atoms with Crippen LogP contribution in [0.5, 0.6) is 0 Å². The second-order valence-electron chi connectivity index (χ2n) is 8.69. The highest BCUT2D eigenvalue weighted by molar-refractivity contribution is 4.88. The Balaban J connectivity index is 1.38. The third-order valence-corrected chi connectivity index (χ3v) is 7.28. The van der Waals surface area contributed by atoms with Crippen LogP contribution in [-0.2, 0) is 4.74 Å². The smallest absolute Gasteiger partial charge is 0.0603 e. The highest BCUT2D eigenvalue weighted by Crippen LogP contribution is 2.41. The minimum absolute atomic E-state index is 0.596. The molecule has 0 aromatic rings. The van der Waals surface area contributed by atoms with Gasteiger partial charge >= 0.3 is 0 Å². The lowest BCUT2D eigenvalue weighted by Crippen LogP contribution is -2.37. The fraction of sp³-hybridized carbons (Fsp3) is 0.909. The largest absolute Gasteiger partial charge is 0.378 e. The summed E-state index contributed by atoms with van der Waals surface area (Å²) >= 11 is 0. The first-order valence-electron chi connectivity index (χ1n) is 10.5. The van der Waals surface area contributed by atoms with Crippen molar-refractivity contribution in [2.45, 2.75) is 90.1 Å². The molecule has 2 atom stereocenters. The van der Waals surface area contributed by atoms with E-state index in [0.29, 0.717) is 6.10 Å². The van der Waals surface area contributed by atoms with Gasteiger partial charge in [-0.3, -0.25) is 0 Å². The van der Waals surface area contributed by atoms with Crippen molar-refractivity contribution < 1.29 is 4.74 Å². The molecule has 3 aliphatic rings. The van der Waals surface area contributed by atoms with Crippen molar-refractivity contribution in [3.05, 3.63) is 12.7 Å². The van der Waals surface area contributed by atoms with Crippen molar-refractivity contribution in [2.75, 3.05) is 6.61 Å². The maximum absolute atomic E-state index is 6.41. The third kappa shape index (κ3) is 4.62. The summed E-state index contributed by atoms with van der Waals surface area (Å²) in [5, 5.41) is 0. The molecule has 0 bridgehead atoms. The molecular weight excluding hydrogens is 280 g/mol. The van der Waals surface area contributed by atoms with Crippen LogP contribution < -0.4 is 0 Å². The number of rotatable bonds is 5. The summed E-state index contributed by atoms with van der Waals surface area (Å²) in [4.78, 5) is 0. The molecule has 2 aliphatic carbocycles.